The molecule has 1 rings (SSSR count). The maximum atomic E-state index is 12.5. The lowest BCUT2D eigenvalue weighted by Gasteiger charge is -2.38. The fraction of sp³-hybridized carbons (Fsp3) is 0.833. The van der Waals surface area contributed by atoms with E-state index in [1.165, 1.54) is 0 Å². The van der Waals surface area contributed by atoms with Gasteiger partial charge in [-0.1, -0.05) is 26.1 Å². The second kappa shape index (κ2) is 5.78. The molecule has 4 nitrogen and oxygen atoms in total. The van der Waals surface area contributed by atoms with E-state index in [4.69, 9.17) is 22.7 Å². The lowest BCUT2D eigenvalue weighted by molar-refractivity contribution is -0.141. The third kappa shape index (κ3) is 3.16. The first kappa shape index (κ1) is 14.4. The van der Waals surface area contributed by atoms with E-state index in [9.17, 15) is 4.79 Å². The third-order valence-corrected chi connectivity index (χ3v) is 3.60. The number of thiocarbonyl (C=S) groups is 1. The summed E-state index contributed by atoms with van der Waals surface area (Å²) in [7, 11) is 1.82. The van der Waals surface area contributed by atoms with Gasteiger partial charge in [0.15, 0.2) is 0 Å². The molecule has 0 unspecified atom stereocenters. The minimum atomic E-state index is -0.683. The van der Waals surface area contributed by atoms with Crippen LogP contribution in [0.15, 0.2) is 0 Å². The lowest BCUT2D eigenvalue weighted by Crippen LogP contribution is -2.52. The molecule has 5 heteroatoms. The molecule has 98 valence electrons. The van der Waals surface area contributed by atoms with Gasteiger partial charge in [0.05, 0.1) is 4.99 Å². The SMILES string of the molecule is CC(C)CN(C)C(=O)C1(C(N)=S)CCOCC1. The number of carbonyl (C=O) groups is 1. The standard InChI is InChI=1S/C12H22N2O2S/c1-9(2)8-14(3)11(15)12(10(13)17)4-6-16-7-5-12/h9H,4-8H2,1-3H3,(H2,13,17). The van der Waals surface area contributed by atoms with Crippen molar-refractivity contribution in [2.75, 3.05) is 26.8 Å². The first-order valence-electron chi connectivity index (χ1n) is 6.03. The molecule has 1 aliphatic heterocycles. The van der Waals surface area contributed by atoms with Crippen LogP contribution in [0.25, 0.3) is 0 Å². The summed E-state index contributed by atoms with van der Waals surface area (Å²) in [5.74, 6) is 0.481. The highest BCUT2D eigenvalue weighted by Crippen LogP contribution is 2.33. The number of nitrogens with two attached hydrogens (primary N) is 1. The number of carbonyl (C=O) groups excluding carboxylic acids is 1. The summed E-state index contributed by atoms with van der Waals surface area (Å²) in [4.78, 5) is 14.6. The molecule has 0 aromatic carbocycles. The molecule has 0 bridgehead atoms. The van der Waals surface area contributed by atoms with E-state index in [-0.39, 0.29) is 5.91 Å². The fourth-order valence-corrected chi connectivity index (χ4v) is 2.57. The molecular weight excluding hydrogens is 236 g/mol. The smallest absolute Gasteiger partial charge is 0.235 e. The van der Waals surface area contributed by atoms with E-state index in [0.29, 0.717) is 37.0 Å². The Morgan fingerprint density at radius 1 is 1.47 bits per heavy atom. The Labute approximate surface area is 108 Å². The Kier molecular flexibility index (Phi) is 4.89. The summed E-state index contributed by atoms with van der Waals surface area (Å²) in [5.41, 5.74) is 5.12. The molecule has 17 heavy (non-hydrogen) atoms. The normalized spacial score (nSPS) is 19.1. The molecule has 0 atom stereocenters. The van der Waals surface area contributed by atoms with Crippen molar-refractivity contribution in [1.82, 2.24) is 4.90 Å². The number of amides is 1. The molecule has 2 N–H and O–H groups in total. The summed E-state index contributed by atoms with van der Waals surface area (Å²) >= 11 is 5.11. The molecule has 1 fully saturated rings. The van der Waals surface area contributed by atoms with Crippen LogP contribution in [-0.2, 0) is 9.53 Å². The first-order chi connectivity index (χ1) is 7.90. The van der Waals surface area contributed by atoms with Crippen LogP contribution in [0, 0.1) is 11.3 Å². The van der Waals surface area contributed by atoms with Crippen LogP contribution in [0.3, 0.4) is 0 Å². The molecule has 1 amide bonds. The van der Waals surface area contributed by atoms with Crippen molar-refractivity contribution in [2.45, 2.75) is 26.7 Å². The van der Waals surface area contributed by atoms with Crippen molar-refractivity contribution < 1.29 is 9.53 Å². The molecule has 0 aromatic heterocycles. The van der Waals surface area contributed by atoms with E-state index in [1.807, 2.05) is 7.05 Å². The maximum absolute atomic E-state index is 12.5. The Morgan fingerprint density at radius 3 is 2.41 bits per heavy atom. The van der Waals surface area contributed by atoms with Crippen molar-refractivity contribution in [3.63, 3.8) is 0 Å². The summed E-state index contributed by atoms with van der Waals surface area (Å²) < 4.78 is 5.30. The van der Waals surface area contributed by atoms with Gasteiger partial charge in [0.25, 0.3) is 0 Å². The fourth-order valence-electron chi connectivity index (χ4n) is 2.28. The Bertz CT molecular complexity index is 299. The second-order valence-corrected chi connectivity index (χ2v) is 5.58. The van der Waals surface area contributed by atoms with E-state index in [2.05, 4.69) is 13.8 Å². The zero-order valence-corrected chi connectivity index (χ0v) is 11.7. The molecule has 0 saturated carbocycles. The molecule has 0 aliphatic carbocycles. The number of hydrogen-bond acceptors (Lipinski definition) is 3. The lowest BCUT2D eigenvalue weighted by atomic mass is 9.78. The number of hydrogen-bond donors (Lipinski definition) is 1. The van der Waals surface area contributed by atoms with Gasteiger partial charge in [0.2, 0.25) is 5.91 Å². The molecular formula is C12H22N2O2S. The summed E-state index contributed by atoms with van der Waals surface area (Å²) in [6, 6.07) is 0. The molecule has 1 saturated heterocycles. The highest BCUT2D eigenvalue weighted by Gasteiger charge is 2.44. The second-order valence-electron chi connectivity index (χ2n) is 5.14. The molecule has 1 aliphatic rings. The van der Waals surface area contributed by atoms with Gasteiger partial charge in [-0.05, 0) is 18.8 Å². The van der Waals surface area contributed by atoms with Gasteiger partial charge in [-0.25, -0.2) is 0 Å². The number of rotatable bonds is 4. The highest BCUT2D eigenvalue weighted by molar-refractivity contribution is 7.80. The quantitative estimate of drug-likeness (QED) is 0.769. The third-order valence-electron chi connectivity index (χ3n) is 3.21. The Morgan fingerprint density at radius 2 is 2.00 bits per heavy atom. The van der Waals surface area contributed by atoms with Crippen LogP contribution in [0.1, 0.15) is 26.7 Å². The average molecular weight is 258 g/mol. The van der Waals surface area contributed by atoms with E-state index >= 15 is 0 Å². The predicted molar refractivity (Wildman–Crippen MR) is 71.7 cm³/mol. The molecule has 1 heterocycles. The number of ether oxygens (including phenoxy) is 1. The minimum Gasteiger partial charge on any atom is -0.392 e. The zero-order valence-electron chi connectivity index (χ0n) is 10.9. The molecule has 0 radical (unpaired) electrons. The predicted octanol–water partition coefficient (Wildman–Crippen LogP) is 1.18. The van der Waals surface area contributed by atoms with Crippen LogP contribution >= 0.6 is 12.2 Å². The van der Waals surface area contributed by atoms with Gasteiger partial charge >= 0.3 is 0 Å². The van der Waals surface area contributed by atoms with Crippen molar-refractivity contribution in [2.24, 2.45) is 17.1 Å². The molecule has 0 spiro atoms. The first-order valence-corrected chi connectivity index (χ1v) is 6.44. The maximum Gasteiger partial charge on any atom is 0.235 e. The zero-order chi connectivity index (χ0) is 13.1. The average Bonchev–Trinajstić information content (AvgIpc) is 2.27. The van der Waals surface area contributed by atoms with Gasteiger partial charge in [-0.3, -0.25) is 4.79 Å². The van der Waals surface area contributed by atoms with Gasteiger partial charge in [0, 0.05) is 26.8 Å². The highest BCUT2D eigenvalue weighted by atomic mass is 32.1. The van der Waals surface area contributed by atoms with Crippen LogP contribution in [-0.4, -0.2) is 42.6 Å². The summed E-state index contributed by atoms with van der Waals surface area (Å²) in [6.45, 7) is 6.00. The monoisotopic (exact) mass is 258 g/mol. The topological polar surface area (TPSA) is 55.6 Å². The number of nitrogens with zero attached hydrogens (tertiary/aromatic N) is 1. The van der Waals surface area contributed by atoms with Crippen molar-refractivity contribution in [3.05, 3.63) is 0 Å². The van der Waals surface area contributed by atoms with Gasteiger partial charge < -0.3 is 15.4 Å². The van der Waals surface area contributed by atoms with E-state index in [1.54, 1.807) is 4.90 Å². The Balaban J connectivity index is 2.83. The summed E-state index contributed by atoms with van der Waals surface area (Å²) in [6.07, 6.45) is 1.20. The van der Waals surface area contributed by atoms with Crippen LogP contribution in [0.5, 0.6) is 0 Å². The van der Waals surface area contributed by atoms with Crippen molar-refractivity contribution >= 4 is 23.1 Å². The Hall–Kier alpha value is -0.680. The largest absolute Gasteiger partial charge is 0.392 e. The van der Waals surface area contributed by atoms with Gasteiger partial charge in [-0.15, -0.1) is 0 Å². The summed E-state index contributed by atoms with van der Waals surface area (Å²) in [5, 5.41) is 0. The molecule has 0 aromatic rings. The van der Waals surface area contributed by atoms with Gasteiger partial charge in [-0.2, -0.15) is 0 Å². The van der Waals surface area contributed by atoms with Gasteiger partial charge in [0.1, 0.15) is 5.41 Å². The van der Waals surface area contributed by atoms with Crippen molar-refractivity contribution in [1.29, 1.82) is 0 Å². The minimum absolute atomic E-state index is 0.0435. The van der Waals surface area contributed by atoms with E-state index in [0.717, 1.165) is 6.54 Å². The van der Waals surface area contributed by atoms with Crippen LogP contribution < -0.4 is 5.73 Å². The van der Waals surface area contributed by atoms with Crippen LogP contribution in [0.2, 0.25) is 0 Å². The van der Waals surface area contributed by atoms with Crippen molar-refractivity contribution in [3.8, 4) is 0 Å². The van der Waals surface area contributed by atoms with E-state index < -0.39 is 5.41 Å². The van der Waals surface area contributed by atoms with Crippen LogP contribution in [0.4, 0.5) is 0 Å².